The van der Waals surface area contributed by atoms with Crippen molar-refractivity contribution < 1.29 is 19.0 Å². The SMILES string of the molecule is CCOC(=O)CCc1ccccc1OCc1ccnc(C2CCOCC2)n1. The second-order valence-electron chi connectivity index (χ2n) is 6.49. The summed E-state index contributed by atoms with van der Waals surface area (Å²) in [5.41, 5.74) is 1.84. The molecule has 0 amide bonds. The Kier molecular flexibility index (Phi) is 7.16. The van der Waals surface area contributed by atoms with Crippen LogP contribution < -0.4 is 4.74 Å². The highest BCUT2D eigenvalue weighted by Gasteiger charge is 2.18. The Morgan fingerprint density at radius 1 is 1.22 bits per heavy atom. The molecule has 0 bridgehead atoms. The lowest BCUT2D eigenvalue weighted by atomic mass is 9.99. The van der Waals surface area contributed by atoms with E-state index in [9.17, 15) is 4.79 Å². The van der Waals surface area contributed by atoms with Gasteiger partial charge in [0.2, 0.25) is 0 Å². The monoisotopic (exact) mass is 370 g/mol. The first-order valence-electron chi connectivity index (χ1n) is 9.52. The molecule has 1 saturated heterocycles. The molecule has 2 heterocycles. The molecular weight excluding hydrogens is 344 g/mol. The standard InChI is InChI=1S/C21H26N2O4/c1-2-26-20(24)8-7-16-5-3-4-6-19(16)27-15-18-9-12-22-21(23-18)17-10-13-25-14-11-17/h3-6,9,12,17H,2,7-8,10-11,13-15H2,1H3. The van der Waals surface area contributed by atoms with Gasteiger partial charge in [0.1, 0.15) is 18.2 Å². The van der Waals surface area contributed by atoms with Crippen molar-refractivity contribution >= 4 is 5.97 Å². The number of nitrogens with zero attached hydrogens (tertiary/aromatic N) is 2. The van der Waals surface area contributed by atoms with Gasteiger partial charge in [0.05, 0.1) is 12.3 Å². The van der Waals surface area contributed by atoms with E-state index in [2.05, 4.69) is 9.97 Å². The van der Waals surface area contributed by atoms with E-state index in [-0.39, 0.29) is 5.97 Å². The Balaban J connectivity index is 1.60. The van der Waals surface area contributed by atoms with Crippen molar-refractivity contribution in [2.75, 3.05) is 19.8 Å². The molecule has 27 heavy (non-hydrogen) atoms. The summed E-state index contributed by atoms with van der Waals surface area (Å²) in [6, 6.07) is 9.64. The quantitative estimate of drug-likeness (QED) is 0.663. The number of aryl methyl sites for hydroxylation is 1. The number of hydrogen-bond donors (Lipinski definition) is 0. The first kappa shape index (κ1) is 19.3. The Labute approximate surface area is 159 Å². The number of carbonyl (C=O) groups excluding carboxylic acids is 1. The summed E-state index contributed by atoms with van der Waals surface area (Å²) in [7, 11) is 0. The smallest absolute Gasteiger partial charge is 0.306 e. The summed E-state index contributed by atoms with van der Waals surface area (Å²) in [5, 5.41) is 0. The van der Waals surface area contributed by atoms with Gasteiger partial charge >= 0.3 is 5.97 Å². The van der Waals surface area contributed by atoms with E-state index in [1.165, 1.54) is 0 Å². The molecule has 6 nitrogen and oxygen atoms in total. The minimum absolute atomic E-state index is 0.191. The minimum Gasteiger partial charge on any atom is -0.487 e. The van der Waals surface area contributed by atoms with E-state index in [0.717, 1.165) is 48.9 Å². The number of benzene rings is 1. The third-order valence-electron chi connectivity index (χ3n) is 4.57. The van der Waals surface area contributed by atoms with E-state index >= 15 is 0 Å². The summed E-state index contributed by atoms with van der Waals surface area (Å²) in [6.07, 6.45) is 4.65. The number of aromatic nitrogens is 2. The minimum atomic E-state index is -0.191. The maximum Gasteiger partial charge on any atom is 0.306 e. The Hall–Kier alpha value is -2.47. The molecule has 6 heteroatoms. The zero-order valence-corrected chi connectivity index (χ0v) is 15.7. The average molecular weight is 370 g/mol. The molecule has 1 aromatic carbocycles. The predicted octanol–water partition coefficient (Wildman–Crippen LogP) is 3.45. The second-order valence-corrected chi connectivity index (χ2v) is 6.49. The van der Waals surface area contributed by atoms with Gasteiger partial charge in [-0.2, -0.15) is 0 Å². The van der Waals surface area contributed by atoms with Crippen LogP contribution in [0.4, 0.5) is 0 Å². The summed E-state index contributed by atoms with van der Waals surface area (Å²) in [5.74, 6) is 1.81. The normalized spacial score (nSPS) is 14.7. The largest absolute Gasteiger partial charge is 0.487 e. The van der Waals surface area contributed by atoms with E-state index in [1.54, 1.807) is 6.20 Å². The van der Waals surface area contributed by atoms with Gasteiger partial charge < -0.3 is 14.2 Å². The van der Waals surface area contributed by atoms with Crippen LogP contribution in [0, 0.1) is 0 Å². The molecule has 1 aromatic heterocycles. The highest BCUT2D eigenvalue weighted by Crippen LogP contribution is 2.24. The van der Waals surface area contributed by atoms with Gasteiger partial charge in [-0.25, -0.2) is 9.97 Å². The molecule has 144 valence electrons. The molecule has 1 aliphatic heterocycles. The topological polar surface area (TPSA) is 70.5 Å². The fourth-order valence-electron chi connectivity index (χ4n) is 3.12. The Bertz CT molecular complexity index is 744. The molecule has 0 aliphatic carbocycles. The molecular formula is C21H26N2O4. The Morgan fingerprint density at radius 3 is 2.85 bits per heavy atom. The molecule has 0 spiro atoms. The first-order chi connectivity index (χ1) is 13.3. The molecule has 2 aromatic rings. The van der Waals surface area contributed by atoms with Gasteiger partial charge in [-0.05, 0) is 43.9 Å². The van der Waals surface area contributed by atoms with Crippen LogP contribution in [-0.4, -0.2) is 35.8 Å². The van der Waals surface area contributed by atoms with Gasteiger partial charge in [-0.1, -0.05) is 18.2 Å². The van der Waals surface area contributed by atoms with Gasteiger partial charge in [-0.15, -0.1) is 0 Å². The van der Waals surface area contributed by atoms with Crippen molar-refractivity contribution in [3.63, 3.8) is 0 Å². The van der Waals surface area contributed by atoms with Gasteiger partial charge in [-0.3, -0.25) is 4.79 Å². The summed E-state index contributed by atoms with van der Waals surface area (Å²) < 4.78 is 16.4. The number of esters is 1. The molecule has 0 saturated carbocycles. The van der Waals surface area contributed by atoms with E-state index < -0.39 is 0 Å². The highest BCUT2D eigenvalue weighted by atomic mass is 16.5. The van der Waals surface area contributed by atoms with Crippen molar-refractivity contribution in [1.82, 2.24) is 9.97 Å². The maximum absolute atomic E-state index is 11.6. The zero-order chi connectivity index (χ0) is 18.9. The van der Waals surface area contributed by atoms with Crippen LogP contribution in [0.1, 0.15) is 49.2 Å². The van der Waals surface area contributed by atoms with Crippen molar-refractivity contribution in [1.29, 1.82) is 0 Å². The first-order valence-corrected chi connectivity index (χ1v) is 9.52. The van der Waals surface area contributed by atoms with E-state index in [1.807, 2.05) is 37.3 Å². The number of carbonyl (C=O) groups is 1. The van der Waals surface area contributed by atoms with E-state index in [0.29, 0.717) is 32.0 Å². The summed E-state index contributed by atoms with van der Waals surface area (Å²) >= 11 is 0. The second kappa shape index (κ2) is 10.0. The van der Waals surface area contributed by atoms with Crippen LogP contribution >= 0.6 is 0 Å². The molecule has 1 aliphatic rings. The fourth-order valence-corrected chi connectivity index (χ4v) is 3.12. The number of ether oxygens (including phenoxy) is 3. The fraction of sp³-hybridized carbons (Fsp3) is 0.476. The molecule has 0 unspecified atom stereocenters. The van der Waals surface area contributed by atoms with Crippen molar-refractivity contribution in [3.8, 4) is 5.75 Å². The van der Waals surface area contributed by atoms with Crippen LogP contribution in [0.3, 0.4) is 0 Å². The third-order valence-corrected chi connectivity index (χ3v) is 4.57. The molecule has 3 rings (SSSR count). The lowest BCUT2D eigenvalue weighted by molar-refractivity contribution is -0.143. The van der Waals surface area contributed by atoms with Crippen LogP contribution in [0.25, 0.3) is 0 Å². The van der Waals surface area contributed by atoms with E-state index in [4.69, 9.17) is 14.2 Å². The van der Waals surface area contributed by atoms with Gasteiger partial charge in [0, 0.05) is 31.7 Å². The molecule has 0 N–H and O–H groups in total. The maximum atomic E-state index is 11.6. The van der Waals surface area contributed by atoms with Crippen molar-refractivity contribution in [3.05, 3.63) is 53.6 Å². The zero-order valence-electron chi connectivity index (χ0n) is 15.7. The number of hydrogen-bond acceptors (Lipinski definition) is 6. The average Bonchev–Trinajstić information content (AvgIpc) is 2.72. The molecule has 1 fully saturated rings. The third kappa shape index (κ3) is 5.76. The summed E-state index contributed by atoms with van der Waals surface area (Å²) in [4.78, 5) is 20.7. The lowest BCUT2D eigenvalue weighted by Gasteiger charge is -2.21. The lowest BCUT2D eigenvalue weighted by Crippen LogP contribution is -2.17. The Morgan fingerprint density at radius 2 is 2.04 bits per heavy atom. The van der Waals surface area contributed by atoms with Crippen LogP contribution in [0.5, 0.6) is 5.75 Å². The van der Waals surface area contributed by atoms with Crippen molar-refractivity contribution in [2.45, 2.75) is 45.1 Å². The summed E-state index contributed by atoms with van der Waals surface area (Å²) in [6.45, 7) is 4.12. The van der Waals surface area contributed by atoms with Crippen LogP contribution in [0.15, 0.2) is 36.5 Å². The highest BCUT2D eigenvalue weighted by molar-refractivity contribution is 5.69. The van der Waals surface area contributed by atoms with Gasteiger partial charge in [0.15, 0.2) is 0 Å². The van der Waals surface area contributed by atoms with Crippen LogP contribution in [0.2, 0.25) is 0 Å². The molecule has 0 atom stereocenters. The number of para-hydroxylation sites is 1. The predicted molar refractivity (Wildman–Crippen MR) is 101 cm³/mol. The van der Waals surface area contributed by atoms with Crippen LogP contribution in [-0.2, 0) is 27.3 Å². The molecule has 0 radical (unpaired) electrons. The van der Waals surface area contributed by atoms with Crippen molar-refractivity contribution in [2.24, 2.45) is 0 Å². The van der Waals surface area contributed by atoms with Gasteiger partial charge in [0.25, 0.3) is 0 Å². The number of rotatable bonds is 8.